The zero-order valence-electron chi connectivity index (χ0n) is 16.8. The van der Waals surface area contributed by atoms with Crippen molar-refractivity contribution in [3.8, 4) is 5.75 Å². The Kier molecular flexibility index (Phi) is 6.01. The third kappa shape index (κ3) is 4.41. The monoisotopic (exact) mass is 381 g/mol. The van der Waals surface area contributed by atoms with Gasteiger partial charge in [0, 0.05) is 42.3 Å². The summed E-state index contributed by atoms with van der Waals surface area (Å²) in [6, 6.07) is 6.13. The molecule has 4 rings (SSSR count). The maximum absolute atomic E-state index is 12.3. The number of carbonyl (C=O) groups excluding carboxylic acids is 1. The highest BCUT2D eigenvalue weighted by Gasteiger charge is 2.19. The maximum Gasteiger partial charge on any atom is 0.234 e. The molecule has 1 fully saturated rings. The summed E-state index contributed by atoms with van der Waals surface area (Å²) in [5, 5.41) is 4.35. The summed E-state index contributed by atoms with van der Waals surface area (Å²) >= 11 is 0. The zero-order chi connectivity index (χ0) is 19.3. The maximum atomic E-state index is 12.3. The minimum Gasteiger partial charge on any atom is -0.497 e. The lowest BCUT2D eigenvalue weighted by atomic mass is 9.89. The summed E-state index contributed by atoms with van der Waals surface area (Å²) in [4.78, 5) is 17.9. The van der Waals surface area contributed by atoms with Crippen molar-refractivity contribution < 1.29 is 9.53 Å². The molecule has 0 saturated heterocycles. The van der Waals surface area contributed by atoms with Gasteiger partial charge in [-0.1, -0.05) is 25.3 Å². The van der Waals surface area contributed by atoms with Crippen molar-refractivity contribution in [2.24, 2.45) is 5.92 Å². The number of hydrogen-bond donors (Lipinski definition) is 2. The highest BCUT2D eigenvalue weighted by molar-refractivity contribution is 5.93. The molecule has 2 aliphatic rings. The molecule has 1 aromatic carbocycles. The number of hydrogen-bond acceptors (Lipinski definition) is 3. The smallest absolute Gasteiger partial charge is 0.234 e. The summed E-state index contributed by atoms with van der Waals surface area (Å²) in [6.07, 6.45) is 11.8. The van der Waals surface area contributed by atoms with Crippen molar-refractivity contribution in [3.05, 3.63) is 36.0 Å². The van der Waals surface area contributed by atoms with E-state index in [4.69, 9.17) is 4.74 Å². The lowest BCUT2D eigenvalue weighted by molar-refractivity contribution is -0.122. The van der Waals surface area contributed by atoms with Crippen LogP contribution in [0.5, 0.6) is 5.75 Å². The molecule has 0 unspecified atom stereocenters. The molecular formula is C23H31N3O2. The Balaban J connectivity index is 1.32. The van der Waals surface area contributed by atoms with E-state index in [2.05, 4.69) is 39.6 Å². The molecule has 1 aliphatic carbocycles. The van der Waals surface area contributed by atoms with Crippen LogP contribution in [0.4, 0.5) is 0 Å². The topological polar surface area (TPSA) is 57.4 Å². The van der Waals surface area contributed by atoms with Crippen molar-refractivity contribution in [2.45, 2.75) is 38.5 Å². The van der Waals surface area contributed by atoms with Gasteiger partial charge in [0.2, 0.25) is 5.91 Å². The van der Waals surface area contributed by atoms with Crippen LogP contribution in [0.15, 0.2) is 30.5 Å². The van der Waals surface area contributed by atoms with Crippen LogP contribution in [0.3, 0.4) is 0 Å². The van der Waals surface area contributed by atoms with E-state index in [1.807, 2.05) is 6.07 Å². The second kappa shape index (κ2) is 8.82. The van der Waals surface area contributed by atoms with Gasteiger partial charge in [0.25, 0.3) is 0 Å². The number of benzene rings is 1. The molecule has 2 aromatic rings. The molecule has 2 heterocycles. The molecule has 5 nitrogen and oxygen atoms in total. The normalized spacial score (nSPS) is 18.8. The van der Waals surface area contributed by atoms with Crippen LogP contribution in [-0.4, -0.2) is 49.1 Å². The Morgan fingerprint density at radius 3 is 2.89 bits per heavy atom. The first-order chi connectivity index (χ1) is 13.7. The van der Waals surface area contributed by atoms with Crippen molar-refractivity contribution in [3.63, 3.8) is 0 Å². The molecule has 150 valence electrons. The third-order valence-electron chi connectivity index (χ3n) is 6.21. The van der Waals surface area contributed by atoms with Crippen molar-refractivity contribution in [2.75, 3.05) is 33.3 Å². The van der Waals surface area contributed by atoms with Gasteiger partial charge in [0.15, 0.2) is 0 Å². The molecule has 1 aromatic heterocycles. The Bertz CT molecular complexity index is 849. The van der Waals surface area contributed by atoms with Crippen LogP contribution < -0.4 is 10.1 Å². The number of methoxy groups -OCH3 is 1. The van der Waals surface area contributed by atoms with Gasteiger partial charge in [-0.2, -0.15) is 0 Å². The largest absolute Gasteiger partial charge is 0.497 e. The third-order valence-corrected chi connectivity index (χ3v) is 6.21. The van der Waals surface area contributed by atoms with Crippen molar-refractivity contribution >= 4 is 22.4 Å². The average Bonchev–Trinajstić information content (AvgIpc) is 3.17. The van der Waals surface area contributed by atoms with E-state index in [1.165, 1.54) is 48.6 Å². The molecule has 2 N–H and O–H groups in total. The summed E-state index contributed by atoms with van der Waals surface area (Å²) in [6.45, 7) is 3.09. The number of ether oxygens (including phenoxy) is 1. The van der Waals surface area contributed by atoms with Gasteiger partial charge in [-0.3, -0.25) is 9.69 Å². The fraction of sp³-hybridized carbons (Fsp3) is 0.522. The Labute approximate surface area is 167 Å². The predicted molar refractivity (Wildman–Crippen MR) is 113 cm³/mol. The number of nitrogens with zero attached hydrogens (tertiary/aromatic N) is 1. The summed E-state index contributed by atoms with van der Waals surface area (Å²) in [5.41, 5.74) is 3.72. The molecular weight excluding hydrogens is 350 g/mol. The number of rotatable bonds is 6. The number of fused-ring (bicyclic) bond motifs is 1. The number of H-pyrrole nitrogens is 1. The average molecular weight is 382 g/mol. The minimum absolute atomic E-state index is 0.166. The first-order valence-electron chi connectivity index (χ1n) is 10.6. The molecule has 28 heavy (non-hydrogen) atoms. The standard InChI is InChI=1S/C23H31N3O2/c1-28-19-7-8-22-20(13-19)21(15-24-22)18-9-11-26(12-10-18)16-23(27)25-14-17-5-3-2-4-6-17/h7-9,13,15,17,24H,2-6,10-12,14,16H2,1H3,(H,25,27). The van der Waals surface area contributed by atoms with Crippen LogP contribution in [0.25, 0.3) is 16.5 Å². The number of carbonyl (C=O) groups is 1. The van der Waals surface area contributed by atoms with E-state index >= 15 is 0 Å². The number of nitrogens with one attached hydrogen (secondary N) is 2. The van der Waals surface area contributed by atoms with Crippen LogP contribution in [0.1, 0.15) is 44.1 Å². The lowest BCUT2D eigenvalue weighted by Crippen LogP contribution is -2.40. The van der Waals surface area contributed by atoms with Crippen LogP contribution in [0.2, 0.25) is 0 Å². The lowest BCUT2D eigenvalue weighted by Gasteiger charge is -2.26. The molecule has 1 saturated carbocycles. The Morgan fingerprint density at radius 1 is 1.29 bits per heavy atom. The summed E-state index contributed by atoms with van der Waals surface area (Å²) < 4.78 is 5.38. The van der Waals surface area contributed by atoms with Gasteiger partial charge in [-0.15, -0.1) is 0 Å². The highest BCUT2D eigenvalue weighted by Crippen LogP contribution is 2.31. The van der Waals surface area contributed by atoms with E-state index in [0.717, 1.165) is 37.3 Å². The SMILES string of the molecule is COc1ccc2[nH]cc(C3=CCN(CC(=O)NCC4CCCCC4)CC3)c2c1. The van der Waals surface area contributed by atoms with Gasteiger partial charge in [0.1, 0.15) is 5.75 Å². The van der Waals surface area contributed by atoms with E-state index < -0.39 is 0 Å². The molecule has 0 atom stereocenters. The van der Waals surface area contributed by atoms with E-state index in [1.54, 1.807) is 7.11 Å². The molecule has 0 spiro atoms. The molecule has 1 amide bonds. The minimum atomic E-state index is 0.166. The van der Waals surface area contributed by atoms with E-state index in [9.17, 15) is 4.79 Å². The Morgan fingerprint density at radius 2 is 2.14 bits per heavy atom. The molecule has 0 radical (unpaired) electrons. The quantitative estimate of drug-likeness (QED) is 0.796. The second-order valence-electron chi connectivity index (χ2n) is 8.14. The van der Waals surface area contributed by atoms with E-state index in [0.29, 0.717) is 12.5 Å². The fourth-order valence-corrected chi connectivity index (χ4v) is 4.50. The molecule has 0 bridgehead atoms. The summed E-state index contributed by atoms with van der Waals surface area (Å²) in [7, 11) is 1.70. The number of amides is 1. The van der Waals surface area contributed by atoms with Crippen LogP contribution in [0, 0.1) is 5.92 Å². The van der Waals surface area contributed by atoms with E-state index in [-0.39, 0.29) is 5.91 Å². The zero-order valence-corrected chi connectivity index (χ0v) is 16.8. The molecule has 5 heteroatoms. The predicted octanol–water partition coefficient (Wildman–Crippen LogP) is 3.96. The van der Waals surface area contributed by atoms with Gasteiger partial charge in [0.05, 0.1) is 13.7 Å². The van der Waals surface area contributed by atoms with Gasteiger partial charge in [-0.25, -0.2) is 0 Å². The van der Waals surface area contributed by atoms with Crippen molar-refractivity contribution in [1.82, 2.24) is 15.2 Å². The van der Waals surface area contributed by atoms with Gasteiger partial charge in [-0.05, 0) is 49.0 Å². The first kappa shape index (κ1) is 19.1. The van der Waals surface area contributed by atoms with Crippen LogP contribution >= 0.6 is 0 Å². The molecule has 1 aliphatic heterocycles. The fourth-order valence-electron chi connectivity index (χ4n) is 4.50. The summed E-state index contributed by atoms with van der Waals surface area (Å²) in [5.74, 6) is 1.73. The van der Waals surface area contributed by atoms with Gasteiger partial charge >= 0.3 is 0 Å². The first-order valence-corrected chi connectivity index (χ1v) is 10.6. The number of aromatic amines is 1. The second-order valence-corrected chi connectivity index (χ2v) is 8.14. The van der Waals surface area contributed by atoms with Crippen LogP contribution in [-0.2, 0) is 4.79 Å². The van der Waals surface area contributed by atoms with Crippen molar-refractivity contribution in [1.29, 1.82) is 0 Å². The highest BCUT2D eigenvalue weighted by atomic mass is 16.5. The Hall–Kier alpha value is -2.27. The number of aromatic nitrogens is 1. The van der Waals surface area contributed by atoms with Gasteiger partial charge < -0.3 is 15.0 Å².